The van der Waals surface area contributed by atoms with Crippen molar-refractivity contribution in [3.05, 3.63) is 47.6 Å². The van der Waals surface area contributed by atoms with E-state index in [-0.39, 0.29) is 0 Å². The van der Waals surface area contributed by atoms with Gasteiger partial charge < -0.3 is 13.7 Å². The highest BCUT2D eigenvalue weighted by atomic mass is 35.5. The number of furan rings is 1. The summed E-state index contributed by atoms with van der Waals surface area (Å²) < 4.78 is 18.7. The van der Waals surface area contributed by atoms with E-state index in [1.165, 1.54) is 0 Å². The number of fused-ring (bicyclic) bond motifs is 4. The van der Waals surface area contributed by atoms with Crippen LogP contribution in [0.2, 0.25) is 5.02 Å². The Morgan fingerprint density at radius 3 is 2.44 bits per heavy atom. The molecule has 1 fully saturated rings. The predicted octanol–water partition coefficient (Wildman–Crippen LogP) is 5.09. The summed E-state index contributed by atoms with van der Waals surface area (Å²) in [6.07, 6.45) is 1.78. The van der Waals surface area contributed by atoms with E-state index in [9.17, 15) is 0 Å². The van der Waals surface area contributed by atoms with Gasteiger partial charge in [-0.3, -0.25) is 4.98 Å². The maximum Gasteiger partial charge on any atom is 0.495 e. The quantitative estimate of drug-likeness (QED) is 0.432. The molecule has 0 bridgehead atoms. The van der Waals surface area contributed by atoms with E-state index in [0.717, 1.165) is 38.3 Å². The standard InChI is InChI=1S/C21H19BClNO3/c1-20(2)21(3,4)27-22(26-20)15-9-13(23)10-18-19(15)14-8-12-6-5-7-24-16(12)11-17(14)25-18/h5-11H,1-4H3. The molecule has 3 heterocycles. The Balaban J connectivity index is 1.80. The normalized spacial score (nSPS) is 18.8. The maximum absolute atomic E-state index is 6.39. The molecule has 2 aromatic heterocycles. The van der Waals surface area contributed by atoms with E-state index < -0.39 is 18.3 Å². The van der Waals surface area contributed by atoms with Crippen LogP contribution in [0.15, 0.2) is 47.0 Å². The third-order valence-corrected chi connectivity index (χ3v) is 6.02. The Morgan fingerprint density at radius 2 is 1.70 bits per heavy atom. The Hall–Kier alpha value is -2.08. The van der Waals surface area contributed by atoms with E-state index in [1.54, 1.807) is 6.20 Å². The number of halogens is 1. The van der Waals surface area contributed by atoms with Crippen LogP contribution in [0.4, 0.5) is 0 Å². The first-order chi connectivity index (χ1) is 12.7. The van der Waals surface area contributed by atoms with Gasteiger partial charge in [0, 0.05) is 39.5 Å². The average molecular weight is 380 g/mol. The van der Waals surface area contributed by atoms with Gasteiger partial charge in [-0.2, -0.15) is 0 Å². The van der Waals surface area contributed by atoms with Crippen molar-refractivity contribution in [3.63, 3.8) is 0 Å². The summed E-state index contributed by atoms with van der Waals surface area (Å²) in [6, 6.07) is 11.8. The molecule has 0 aliphatic carbocycles. The molecule has 0 unspecified atom stereocenters. The van der Waals surface area contributed by atoms with Crippen molar-refractivity contribution < 1.29 is 13.7 Å². The van der Waals surface area contributed by atoms with Gasteiger partial charge in [-0.05, 0) is 51.4 Å². The van der Waals surface area contributed by atoms with Crippen molar-refractivity contribution in [2.24, 2.45) is 0 Å². The van der Waals surface area contributed by atoms with Gasteiger partial charge in [0.2, 0.25) is 0 Å². The molecule has 1 aliphatic rings. The van der Waals surface area contributed by atoms with Gasteiger partial charge in [0.05, 0.1) is 16.7 Å². The maximum atomic E-state index is 6.39. The molecule has 6 heteroatoms. The SMILES string of the molecule is CC1(C)OB(c2cc(Cl)cc3oc4cc5ncccc5cc4c23)OC1(C)C. The highest BCUT2D eigenvalue weighted by molar-refractivity contribution is 6.66. The van der Waals surface area contributed by atoms with Crippen molar-refractivity contribution in [2.45, 2.75) is 38.9 Å². The van der Waals surface area contributed by atoms with Crippen LogP contribution in [0.3, 0.4) is 0 Å². The Bertz CT molecular complexity index is 1200. The second-order valence-electron chi connectivity index (χ2n) is 8.10. The topological polar surface area (TPSA) is 44.5 Å². The summed E-state index contributed by atoms with van der Waals surface area (Å²) in [4.78, 5) is 4.42. The molecule has 0 saturated carbocycles. The van der Waals surface area contributed by atoms with Crippen LogP contribution in [-0.2, 0) is 9.31 Å². The van der Waals surface area contributed by atoms with Crippen molar-refractivity contribution >= 4 is 57.0 Å². The minimum Gasteiger partial charge on any atom is -0.456 e. The second-order valence-corrected chi connectivity index (χ2v) is 8.54. The van der Waals surface area contributed by atoms with E-state index in [0.29, 0.717) is 5.02 Å². The summed E-state index contributed by atoms with van der Waals surface area (Å²) in [5.74, 6) is 0. The zero-order chi connectivity index (χ0) is 19.0. The Kier molecular flexibility index (Phi) is 3.46. The number of nitrogens with zero attached hydrogens (tertiary/aromatic N) is 1. The van der Waals surface area contributed by atoms with Crippen LogP contribution in [0.1, 0.15) is 27.7 Å². The van der Waals surface area contributed by atoms with Crippen LogP contribution >= 0.6 is 11.6 Å². The first-order valence-corrected chi connectivity index (χ1v) is 9.39. The van der Waals surface area contributed by atoms with Gasteiger partial charge >= 0.3 is 7.12 Å². The number of hydrogen-bond acceptors (Lipinski definition) is 4. The molecule has 0 atom stereocenters. The number of benzene rings is 2. The number of hydrogen-bond donors (Lipinski definition) is 0. The third kappa shape index (κ3) is 2.49. The minimum absolute atomic E-state index is 0.428. The van der Waals surface area contributed by atoms with Crippen LogP contribution in [0.5, 0.6) is 0 Å². The van der Waals surface area contributed by atoms with Gasteiger partial charge in [-0.25, -0.2) is 0 Å². The van der Waals surface area contributed by atoms with E-state index in [4.69, 9.17) is 25.3 Å². The first kappa shape index (κ1) is 17.1. The highest BCUT2D eigenvalue weighted by Gasteiger charge is 2.52. The molecule has 5 rings (SSSR count). The third-order valence-electron chi connectivity index (χ3n) is 5.80. The van der Waals surface area contributed by atoms with Crippen LogP contribution in [0, 0.1) is 0 Å². The Labute approximate surface area is 162 Å². The van der Waals surface area contributed by atoms with Crippen LogP contribution in [-0.4, -0.2) is 23.3 Å². The molecule has 1 aliphatic heterocycles. The van der Waals surface area contributed by atoms with Gasteiger partial charge in [0.15, 0.2) is 0 Å². The van der Waals surface area contributed by atoms with Gasteiger partial charge in [0.1, 0.15) is 11.2 Å². The molecule has 4 nitrogen and oxygen atoms in total. The molecule has 4 aromatic rings. The van der Waals surface area contributed by atoms with Crippen molar-refractivity contribution in [2.75, 3.05) is 0 Å². The van der Waals surface area contributed by atoms with Gasteiger partial charge in [-0.15, -0.1) is 0 Å². The summed E-state index contributed by atoms with van der Waals surface area (Å²) >= 11 is 6.39. The zero-order valence-corrected chi connectivity index (χ0v) is 16.4. The summed E-state index contributed by atoms with van der Waals surface area (Å²) in [6.45, 7) is 8.17. The molecule has 136 valence electrons. The molecular formula is C21H19BClNO3. The molecule has 1 saturated heterocycles. The van der Waals surface area contributed by atoms with E-state index in [1.807, 2.05) is 58.0 Å². The molecule has 0 spiro atoms. The lowest BCUT2D eigenvalue weighted by atomic mass is 9.76. The fourth-order valence-corrected chi connectivity index (χ4v) is 3.84. The monoisotopic (exact) mass is 379 g/mol. The fraction of sp³-hybridized carbons (Fsp3) is 0.286. The first-order valence-electron chi connectivity index (χ1n) is 9.01. The molecule has 27 heavy (non-hydrogen) atoms. The lowest BCUT2D eigenvalue weighted by Crippen LogP contribution is -2.41. The molecule has 0 N–H and O–H groups in total. The van der Waals surface area contributed by atoms with Crippen molar-refractivity contribution in [3.8, 4) is 0 Å². The summed E-state index contributed by atoms with van der Waals surface area (Å²) in [7, 11) is -0.512. The smallest absolute Gasteiger partial charge is 0.456 e. The average Bonchev–Trinajstić information content (AvgIpc) is 3.04. The number of rotatable bonds is 1. The van der Waals surface area contributed by atoms with E-state index in [2.05, 4.69) is 11.1 Å². The molecule has 2 aromatic carbocycles. The van der Waals surface area contributed by atoms with Crippen molar-refractivity contribution in [1.29, 1.82) is 0 Å². The fourth-order valence-electron chi connectivity index (χ4n) is 3.63. The zero-order valence-electron chi connectivity index (χ0n) is 15.7. The highest BCUT2D eigenvalue weighted by Crippen LogP contribution is 2.39. The lowest BCUT2D eigenvalue weighted by molar-refractivity contribution is 0.00578. The van der Waals surface area contributed by atoms with Crippen LogP contribution < -0.4 is 5.46 Å². The largest absolute Gasteiger partial charge is 0.495 e. The van der Waals surface area contributed by atoms with Gasteiger partial charge in [0.25, 0.3) is 0 Å². The summed E-state index contributed by atoms with van der Waals surface area (Å²) in [5, 5.41) is 3.63. The number of aromatic nitrogens is 1. The minimum atomic E-state index is -0.512. The lowest BCUT2D eigenvalue weighted by Gasteiger charge is -2.32. The molecular weight excluding hydrogens is 361 g/mol. The second kappa shape index (κ2) is 5.47. The van der Waals surface area contributed by atoms with Crippen LogP contribution in [0.25, 0.3) is 32.8 Å². The summed E-state index contributed by atoms with van der Waals surface area (Å²) in [5.41, 5.74) is 2.42. The molecule has 0 amide bonds. The predicted molar refractivity (Wildman–Crippen MR) is 110 cm³/mol. The van der Waals surface area contributed by atoms with Gasteiger partial charge in [-0.1, -0.05) is 17.7 Å². The molecule has 0 radical (unpaired) electrons. The van der Waals surface area contributed by atoms with E-state index >= 15 is 0 Å². The number of pyridine rings is 1. The van der Waals surface area contributed by atoms with Crippen molar-refractivity contribution in [1.82, 2.24) is 4.98 Å². The Morgan fingerprint density at radius 1 is 0.963 bits per heavy atom.